The third-order valence-corrected chi connectivity index (χ3v) is 3.99. The van der Waals surface area contributed by atoms with Gasteiger partial charge in [-0.2, -0.15) is 16.6 Å². The highest BCUT2D eigenvalue weighted by molar-refractivity contribution is 7.08. The number of thiophene rings is 1. The first kappa shape index (κ1) is 15.7. The summed E-state index contributed by atoms with van der Waals surface area (Å²) in [4.78, 5) is 24.5. The summed E-state index contributed by atoms with van der Waals surface area (Å²) in [5.41, 5.74) is 1.69. The van der Waals surface area contributed by atoms with E-state index in [1.54, 1.807) is 49.7 Å². The summed E-state index contributed by atoms with van der Waals surface area (Å²) >= 11 is 1.37. The molecule has 22 heavy (non-hydrogen) atoms. The number of hydrogen-bond donors (Lipinski definition) is 1. The molecule has 0 saturated heterocycles. The zero-order valence-corrected chi connectivity index (χ0v) is 12.9. The van der Waals surface area contributed by atoms with E-state index < -0.39 is 17.6 Å². The summed E-state index contributed by atoms with van der Waals surface area (Å²) in [6, 6.07) is 8.43. The van der Waals surface area contributed by atoms with Crippen LogP contribution in [-0.4, -0.2) is 18.8 Å². The van der Waals surface area contributed by atoms with E-state index in [1.807, 2.05) is 5.38 Å². The molecule has 2 rings (SSSR count). The summed E-state index contributed by atoms with van der Waals surface area (Å²) in [6.07, 6.45) is 0. The number of amides is 1. The van der Waals surface area contributed by atoms with Gasteiger partial charge in [-0.15, -0.1) is 0 Å². The molecule has 6 heteroatoms. The third kappa shape index (κ3) is 3.32. The number of methoxy groups -OCH3 is 1. The van der Waals surface area contributed by atoms with Crippen molar-refractivity contribution in [1.29, 1.82) is 5.26 Å². The molecule has 2 aromatic rings. The minimum Gasteiger partial charge on any atom is -0.497 e. The fraction of sp³-hybridized carbons (Fsp3) is 0.188. The van der Waals surface area contributed by atoms with Crippen molar-refractivity contribution in [2.75, 3.05) is 12.4 Å². The first-order chi connectivity index (χ1) is 10.6. The van der Waals surface area contributed by atoms with Crippen LogP contribution in [0, 0.1) is 24.2 Å². The third-order valence-electron chi connectivity index (χ3n) is 3.13. The van der Waals surface area contributed by atoms with E-state index in [1.165, 1.54) is 11.3 Å². The first-order valence-electron chi connectivity index (χ1n) is 6.48. The number of nitriles is 1. The fourth-order valence-electron chi connectivity index (χ4n) is 1.89. The average Bonchev–Trinajstić information content (AvgIpc) is 2.94. The van der Waals surface area contributed by atoms with Crippen LogP contribution in [0.3, 0.4) is 0 Å². The maximum Gasteiger partial charge on any atom is 0.249 e. The van der Waals surface area contributed by atoms with Gasteiger partial charge in [0.2, 0.25) is 5.91 Å². The number of aryl methyl sites for hydroxylation is 1. The molecule has 1 aromatic carbocycles. The van der Waals surface area contributed by atoms with E-state index in [0.717, 1.165) is 5.56 Å². The van der Waals surface area contributed by atoms with Crippen molar-refractivity contribution in [3.63, 3.8) is 0 Å². The van der Waals surface area contributed by atoms with Gasteiger partial charge in [0.1, 0.15) is 5.75 Å². The molecule has 1 aromatic heterocycles. The number of rotatable bonds is 5. The Hall–Kier alpha value is -2.65. The standard InChI is InChI=1S/C16H14N2O3S/c1-10-8-22-9-14(10)15(19)13(7-17)16(20)18-11-3-5-12(21-2)6-4-11/h3-6,8-9,13H,1-2H3,(H,18,20)/t13-/m1/s1. The predicted molar refractivity (Wildman–Crippen MR) is 84.1 cm³/mol. The van der Waals surface area contributed by atoms with Crippen LogP contribution in [0.4, 0.5) is 5.69 Å². The maximum atomic E-state index is 12.3. The van der Waals surface area contributed by atoms with E-state index in [9.17, 15) is 9.59 Å². The van der Waals surface area contributed by atoms with E-state index in [4.69, 9.17) is 10.00 Å². The second-order valence-corrected chi connectivity index (χ2v) is 5.36. The van der Waals surface area contributed by atoms with Crippen LogP contribution in [0.5, 0.6) is 5.75 Å². The molecule has 1 amide bonds. The van der Waals surface area contributed by atoms with Crippen LogP contribution < -0.4 is 10.1 Å². The molecule has 0 saturated carbocycles. The molecule has 0 aliphatic heterocycles. The molecule has 1 N–H and O–H groups in total. The molecule has 0 spiro atoms. The number of nitrogens with zero attached hydrogens (tertiary/aromatic N) is 1. The van der Waals surface area contributed by atoms with Crippen molar-refractivity contribution < 1.29 is 14.3 Å². The molecule has 5 nitrogen and oxygen atoms in total. The molecular formula is C16H14N2O3S. The number of ether oxygens (including phenoxy) is 1. The lowest BCUT2D eigenvalue weighted by Crippen LogP contribution is -2.28. The van der Waals surface area contributed by atoms with Gasteiger partial charge >= 0.3 is 0 Å². The minimum absolute atomic E-state index is 0.418. The molecule has 1 atom stereocenters. The van der Waals surface area contributed by atoms with Crippen molar-refractivity contribution in [1.82, 2.24) is 0 Å². The largest absolute Gasteiger partial charge is 0.497 e. The molecule has 0 fully saturated rings. The Morgan fingerprint density at radius 3 is 2.45 bits per heavy atom. The Bertz CT molecular complexity index is 729. The van der Waals surface area contributed by atoms with E-state index in [0.29, 0.717) is 17.0 Å². The molecule has 0 aliphatic rings. The van der Waals surface area contributed by atoms with Crippen LogP contribution >= 0.6 is 11.3 Å². The average molecular weight is 314 g/mol. The van der Waals surface area contributed by atoms with Crippen molar-refractivity contribution in [3.05, 3.63) is 46.2 Å². The number of ketones is 1. The van der Waals surface area contributed by atoms with E-state index in [-0.39, 0.29) is 0 Å². The van der Waals surface area contributed by atoms with Crippen LogP contribution in [-0.2, 0) is 4.79 Å². The van der Waals surface area contributed by atoms with Crippen molar-refractivity contribution in [3.8, 4) is 11.8 Å². The van der Waals surface area contributed by atoms with Gasteiger partial charge in [0.15, 0.2) is 11.7 Å². The Morgan fingerprint density at radius 2 is 1.95 bits per heavy atom. The second-order valence-electron chi connectivity index (χ2n) is 4.61. The van der Waals surface area contributed by atoms with Gasteiger partial charge in [0, 0.05) is 16.6 Å². The van der Waals surface area contributed by atoms with Gasteiger partial charge in [-0.05, 0) is 42.1 Å². The van der Waals surface area contributed by atoms with Gasteiger partial charge in [-0.1, -0.05) is 0 Å². The molecule has 0 bridgehead atoms. The lowest BCUT2D eigenvalue weighted by Gasteiger charge is -2.10. The van der Waals surface area contributed by atoms with Crippen LogP contribution in [0.1, 0.15) is 15.9 Å². The normalized spacial score (nSPS) is 11.3. The highest BCUT2D eigenvalue weighted by Gasteiger charge is 2.28. The summed E-state index contributed by atoms with van der Waals surface area (Å²) in [5, 5.41) is 15.2. The Morgan fingerprint density at radius 1 is 1.27 bits per heavy atom. The van der Waals surface area contributed by atoms with E-state index >= 15 is 0 Å². The van der Waals surface area contributed by atoms with E-state index in [2.05, 4.69) is 5.32 Å². The van der Waals surface area contributed by atoms with Crippen LogP contribution in [0.2, 0.25) is 0 Å². The highest BCUT2D eigenvalue weighted by Crippen LogP contribution is 2.20. The summed E-state index contributed by atoms with van der Waals surface area (Å²) in [7, 11) is 1.54. The SMILES string of the molecule is COc1ccc(NC(=O)[C@H](C#N)C(=O)c2cscc2C)cc1. The van der Waals surface area contributed by atoms with Crippen LogP contribution in [0.15, 0.2) is 35.0 Å². The molecular weight excluding hydrogens is 300 g/mol. The number of benzene rings is 1. The Labute approximate surface area is 132 Å². The highest BCUT2D eigenvalue weighted by atomic mass is 32.1. The zero-order chi connectivity index (χ0) is 16.1. The summed E-state index contributed by atoms with van der Waals surface area (Å²) < 4.78 is 5.03. The molecule has 1 heterocycles. The van der Waals surface area contributed by atoms with Crippen molar-refractivity contribution in [2.24, 2.45) is 5.92 Å². The summed E-state index contributed by atoms with van der Waals surface area (Å²) in [5.74, 6) is -1.83. The van der Waals surface area contributed by atoms with Gasteiger partial charge in [0.25, 0.3) is 0 Å². The summed E-state index contributed by atoms with van der Waals surface area (Å²) in [6.45, 7) is 1.78. The minimum atomic E-state index is -1.37. The van der Waals surface area contributed by atoms with Crippen molar-refractivity contribution in [2.45, 2.75) is 6.92 Å². The van der Waals surface area contributed by atoms with Gasteiger partial charge in [0.05, 0.1) is 13.2 Å². The number of carbonyl (C=O) groups excluding carboxylic acids is 2. The number of nitrogens with one attached hydrogen (secondary N) is 1. The first-order valence-corrected chi connectivity index (χ1v) is 7.42. The second kappa shape index (κ2) is 6.87. The smallest absolute Gasteiger partial charge is 0.249 e. The van der Waals surface area contributed by atoms with Crippen LogP contribution in [0.25, 0.3) is 0 Å². The quantitative estimate of drug-likeness (QED) is 0.679. The molecule has 0 unspecified atom stereocenters. The maximum absolute atomic E-state index is 12.3. The molecule has 0 aliphatic carbocycles. The Kier molecular flexibility index (Phi) is 4.92. The number of anilines is 1. The lowest BCUT2D eigenvalue weighted by atomic mass is 9.98. The van der Waals surface area contributed by atoms with Crippen molar-refractivity contribution >= 4 is 28.7 Å². The number of hydrogen-bond acceptors (Lipinski definition) is 5. The topological polar surface area (TPSA) is 79.2 Å². The zero-order valence-electron chi connectivity index (χ0n) is 12.1. The number of carbonyl (C=O) groups is 2. The number of Topliss-reactive ketones (excluding diaryl/α,β-unsaturated/α-hetero) is 1. The molecule has 0 radical (unpaired) electrons. The van der Waals surface area contributed by atoms with Gasteiger partial charge < -0.3 is 10.1 Å². The monoisotopic (exact) mass is 314 g/mol. The lowest BCUT2D eigenvalue weighted by molar-refractivity contribution is -0.117. The predicted octanol–water partition coefficient (Wildman–Crippen LogP) is 3.03. The fourth-order valence-corrected chi connectivity index (χ4v) is 2.73. The Balaban J connectivity index is 2.13. The van der Waals surface area contributed by atoms with Gasteiger partial charge in [-0.3, -0.25) is 9.59 Å². The van der Waals surface area contributed by atoms with Gasteiger partial charge in [-0.25, -0.2) is 0 Å². The molecule has 112 valence electrons.